The fraction of sp³-hybridized carbons (Fsp3) is 0.367. The predicted octanol–water partition coefficient (Wildman–Crippen LogP) is 5.16. The van der Waals surface area contributed by atoms with Gasteiger partial charge in [0.05, 0.1) is 10.9 Å². The zero-order chi connectivity index (χ0) is 26.9. The Bertz CT molecular complexity index is 1380. The summed E-state index contributed by atoms with van der Waals surface area (Å²) in [6, 6.07) is 20.7. The first-order valence-corrected chi connectivity index (χ1v) is 14.7. The molecule has 6 nitrogen and oxygen atoms in total. The van der Waals surface area contributed by atoms with Gasteiger partial charge in [0.15, 0.2) is 0 Å². The number of amides is 1. The summed E-state index contributed by atoms with van der Waals surface area (Å²) in [4.78, 5) is 13.0. The highest BCUT2D eigenvalue weighted by atomic mass is 32.2. The molecule has 0 bridgehead atoms. The molecule has 0 spiro atoms. The lowest BCUT2D eigenvalue weighted by atomic mass is 9.85. The van der Waals surface area contributed by atoms with E-state index in [1.807, 2.05) is 31.2 Å². The Morgan fingerprint density at radius 1 is 0.895 bits per heavy atom. The van der Waals surface area contributed by atoms with Gasteiger partial charge in [-0.2, -0.15) is 0 Å². The molecule has 3 aromatic rings. The van der Waals surface area contributed by atoms with Crippen molar-refractivity contribution in [3.05, 3.63) is 89.7 Å². The van der Waals surface area contributed by atoms with Gasteiger partial charge in [0.1, 0.15) is 5.82 Å². The number of benzene rings is 3. The van der Waals surface area contributed by atoms with E-state index in [1.165, 1.54) is 12.1 Å². The fourth-order valence-electron chi connectivity index (χ4n) is 5.17. The van der Waals surface area contributed by atoms with E-state index in [9.17, 15) is 17.6 Å². The molecule has 3 aromatic carbocycles. The first-order valence-electron chi connectivity index (χ1n) is 13.2. The van der Waals surface area contributed by atoms with Crippen LogP contribution in [0.2, 0.25) is 0 Å². The number of carbonyl (C=O) groups is 1. The minimum atomic E-state index is -3.67. The monoisotopic (exact) mass is 535 g/mol. The van der Waals surface area contributed by atoms with Crippen LogP contribution >= 0.6 is 0 Å². The molecule has 5 rings (SSSR count). The van der Waals surface area contributed by atoms with Gasteiger partial charge in [0.2, 0.25) is 15.9 Å². The van der Waals surface area contributed by atoms with Crippen LogP contribution in [0.3, 0.4) is 0 Å². The number of halogens is 1. The van der Waals surface area contributed by atoms with Gasteiger partial charge in [-0.05, 0) is 92.0 Å². The normalized spacial score (nSPS) is 21.4. The SMILES string of the molecule is C[C@@H](NC(=O)C1CCC(NS(=O)(=O)c2ccc(-c3ccc(C4(N)CC4)cc3)cc2)CC1)c1ccc(F)cc1. The third-order valence-corrected chi connectivity index (χ3v) is 9.43. The van der Waals surface area contributed by atoms with Crippen LogP contribution in [0.5, 0.6) is 0 Å². The average Bonchev–Trinajstić information content (AvgIpc) is 3.68. The molecule has 4 N–H and O–H groups in total. The molecule has 0 saturated heterocycles. The Kier molecular flexibility index (Phi) is 7.40. The molecule has 38 heavy (non-hydrogen) atoms. The molecule has 2 aliphatic carbocycles. The number of carbonyl (C=O) groups excluding carboxylic acids is 1. The molecule has 2 aliphatic rings. The maximum atomic E-state index is 13.2. The first kappa shape index (κ1) is 26.5. The molecular formula is C30H34FN3O3S. The van der Waals surface area contributed by atoms with E-state index >= 15 is 0 Å². The van der Waals surface area contributed by atoms with Gasteiger partial charge >= 0.3 is 0 Å². The van der Waals surface area contributed by atoms with Crippen molar-refractivity contribution in [2.75, 3.05) is 0 Å². The molecule has 8 heteroatoms. The number of rotatable bonds is 8. The van der Waals surface area contributed by atoms with Crippen LogP contribution in [0.1, 0.15) is 62.6 Å². The Morgan fingerprint density at radius 2 is 1.45 bits per heavy atom. The van der Waals surface area contributed by atoms with Crippen molar-refractivity contribution >= 4 is 15.9 Å². The minimum Gasteiger partial charge on any atom is -0.349 e. The number of nitrogens with two attached hydrogens (primary N) is 1. The summed E-state index contributed by atoms with van der Waals surface area (Å²) < 4.78 is 42.0. The molecule has 0 unspecified atom stereocenters. The topological polar surface area (TPSA) is 101 Å². The smallest absolute Gasteiger partial charge is 0.240 e. The first-order chi connectivity index (χ1) is 18.1. The summed E-state index contributed by atoms with van der Waals surface area (Å²) >= 11 is 0. The summed E-state index contributed by atoms with van der Waals surface area (Å²) in [5.41, 5.74) is 10.0. The molecule has 1 amide bonds. The third-order valence-electron chi connectivity index (χ3n) is 7.89. The fourth-order valence-corrected chi connectivity index (χ4v) is 6.48. The zero-order valence-electron chi connectivity index (χ0n) is 21.5. The zero-order valence-corrected chi connectivity index (χ0v) is 22.3. The average molecular weight is 536 g/mol. The maximum Gasteiger partial charge on any atom is 0.240 e. The number of sulfonamides is 1. The molecule has 0 heterocycles. The summed E-state index contributed by atoms with van der Waals surface area (Å²) in [6.07, 6.45) is 4.42. The van der Waals surface area contributed by atoms with E-state index in [1.54, 1.807) is 24.3 Å². The standard InChI is InChI=1S/C30H34FN3O3S/c1-20(21-4-12-26(31)13-5-21)33-29(35)24-6-14-27(15-7-24)34-38(36,37)28-16-8-23(9-17-28)22-2-10-25(11-3-22)30(32)18-19-30/h2-5,8-13,16-17,20,24,27,34H,6-7,14-15,18-19,32H2,1H3,(H,33,35)/t20-,24?,27?/m1/s1. The Morgan fingerprint density at radius 3 is 2.00 bits per heavy atom. The number of nitrogens with one attached hydrogen (secondary N) is 2. The Balaban J connectivity index is 1.13. The maximum absolute atomic E-state index is 13.2. The highest BCUT2D eigenvalue weighted by Crippen LogP contribution is 2.43. The predicted molar refractivity (Wildman–Crippen MR) is 146 cm³/mol. The van der Waals surface area contributed by atoms with Crippen molar-refractivity contribution in [1.29, 1.82) is 0 Å². The lowest BCUT2D eigenvalue weighted by molar-refractivity contribution is -0.126. The molecule has 200 valence electrons. The van der Waals surface area contributed by atoms with Crippen LogP contribution < -0.4 is 15.8 Å². The number of hydrogen-bond acceptors (Lipinski definition) is 4. The van der Waals surface area contributed by atoms with Gasteiger partial charge < -0.3 is 11.1 Å². The second-order valence-electron chi connectivity index (χ2n) is 10.7. The quantitative estimate of drug-likeness (QED) is 0.371. The van der Waals surface area contributed by atoms with Crippen LogP contribution in [0.15, 0.2) is 77.7 Å². The highest BCUT2D eigenvalue weighted by molar-refractivity contribution is 7.89. The van der Waals surface area contributed by atoms with Gasteiger partial charge in [0, 0.05) is 17.5 Å². The molecule has 1 atom stereocenters. The molecule has 2 saturated carbocycles. The molecule has 2 fully saturated rings. The van der Waals surface area contributed by atoms with E-state index in [0.29, 0.717) is 25.7 Å². The lowest BCUT2D eigenvalue weighted by Crippen LogP contribution is -2.41. The van der Waals surface area contributed by atoms with Crippen LogP contribution in [-0.4, -0.2) is 20.4 Å². The van der Waals surface area contributed by atoms with Crippen molar-refractivity contribution in [2.45, 2.75) is 68.0 Å². The van der Waals surface area contributed by atoms with Gasteiger partial charge in [-0.15, -0.1) is 0 Å². The largest absolute Gasteiger partial charge is 0.349 e. The van der Waals surface area contributed by atoms with E-state index in [4.69, 9.17) is 5.73 Å². The second-order valence-corrected chi connectivity index (χ2v) is 12.4. The van der Waals surface area contributed by atoms with Gasteiger partial charge in [0.25, 0.3) is 0 Å². The van der Waals surface area contributed by atoms with E-state index in [-0.39, 0.29) is 40.2 Å². The van der Waals surface area contributed by atoms with E-state index in [2.05, 4.69) is 22.2 Å². The summed E-state index contributed by atoms with van der Waals surface area (Å²) in [5, 5.41) is 3.00. The van der Waals surface area contributed by atoms with Crippen LogP contribution in [0, 0.1) is 11.7 Å². The van der Waals surface area contributed by atoms with E-state index < -0.39 is 10.0 Å². The van der Waals surface area contributed by atoms with Crippen molar-refractivity contribution in [2.24, 2.45) is 11.7 Å². The van der Waals surface area contributed by atoms with Crippen molar-refractivity contribution in [3.8, 4) is 11.1 Å². The Labute approximate surface area is 223 Å². The van der Waals surface area contributed by atoms with Gasteiger partial charge in [-0.1, -0.05) is 48.5 Å². The highest BCUT2D eigenvalue weighted by Gasteiger charge is 2.39. The third kappa shape index (κ3) is 5.98. The van der Waals surface area contributed by atoms with Crippen molar-refractivity contribution < 1.29 is 17.6 Å². The van der Waals surface area contributed by atoms with Gasteiger partial charge in [-0.25, -0.2) is 17.5 Å². The Hall–Kier alpha value is -3.07. The van der Waals surface area contributed by atoms with Gasteiger partial charge in [-0.3, -0.25) is 4.79 Å². The van der Waals surface area contributed by atoms with E-state index in [0.717, 1.165) is 35.1 Å². The summed E-state index contributed by atoms with van der Waals surface area (Å²) in [5.74, 6) is -0.531. The summed E-state index contributed by atoms with van der Waals surface area (Å²) in [6.45, 7) is 1.87. The number of hydrogen-bond donors (Lipinski definition) is 3. The molecule has 0 aliphatic heterocycles. The molecule has 0 aromatic heterocycles. The molecule has 0 radical (unpaired) electrons. The summed E-state index contributed by atoms with van der Waals surface area (Å²) in [7, 11) is -3.67. The molecular weight excluding hydrogens is 501 g/mol. The second kappa shape index (κ2) is 10.6. The van der Waals surface area contributed by atoms with Crippen molar-refractivity contribution in [3.63, 3.8) is 0 Å². The minimum absolute atomic E-state index is 0.0504. The van der Waals surface area contributed by atoms with Crippen molar-refractivity contribution in [1.82, 2.24) is 10.0 Å². The van der Waals surface area contributed by atoms with Crippen LogP contribution in [0.25, 0.3) is 11.1 Å². The lowest BCUT2D eigenvalue weighted by Gasteiger charge is -2.29. The van der Waals surface area contributed by atoms with Crippen LogP contribution in [0.4, 0.5) is 4.39 Å². The van der Waals surface area contributed by atoms with Crippen LogP contribution in [-0.2, 0) is 20.4 Å².